The van der Waals surface area contributed by atoms with E-state index < -0.39 is 4.92 Å². The molecule has 90 valence electrons. The van der Waals surface area contributed by atoms with Crippen LogP contribution >= 0.6 is 11.6 Å². The van der Waals surface area contributed by atoms with Crippen molar-refractivity contribution < 1.29 is 4.92 Å². The molecule has 0 aliphatic heterocycles. The summed E-state index contributed by atoms with van der Waals surface area (Å²) >= 11 is 5.73. The maximum atomic E-state index is 10.8. The fourth-order valence-electron chi connectivity index (χ4n) is 1.65. The van der Waals surface area contributed by atoms with E-state index in [0.29, 0.717) is 12.2 Å². The molecule has 0 atom stereocenters. The highest BCUT2D eigenvalue weighted by molar-refractivity contribution is 6.32. The minimum atomic E-state index is -0.521. The van der Waals surface area contributed by atoms with Crippen LogP contribution in [-0.4, -0.2) is 9.49 Å². The Balaban J connectivity index is 2.34. The number of rotatable bonds is 3. The average molecular weight is 262 g/mol. The third-order valence-electron chi connectivity index (χ3n) is 2.50. The molecule has 0 saturated heterocycles. The molecule has 0 aliphatic rings. The molecule has 0 amide bonds. The van der Waals surface area contributed by atoms with Crippen LogP contribution in [0.5, 0.6) is 0 Å². The van der Waals surface area contributed by atoms with Gasteiger partial charge >= 0.3 is 0 Å². The Morgan fingerprint density at radius 2 is 2.22 bits per heavy atom. The van der Waals surface area contributed by atoms with Gasteiger partial charge in [-0.15, -0.1) is 0 Å². The van der Waals surface area contributed by atoms with E-state index in [4.69, 9.17) is 16.9 Å². The highest BCUT2D eigenvalue weighted by Crippen LogP contribution is 2.25. The second-order valence-corrected chi connectivity index (χ2v) is 4.08. The smallest absolute Gasteiger partial charge is 0.288 e. The number of nitro benzene ring substituents is 1. The molecule has 2 aromatic rings. The second-order valence-electron chi connectivity index (χ2n) is 3.68. The molecule has 1 aromatic carbocycles. The molecular formula is C12H8ClN3O2. The SMILES string of the molecule is N#Cc1cccn1Cc1ccc(Cl)c([N+](=O)[O-])c1. The Kier molecular flexibility index (Phi) is 3.31. The van der Waals surface area contributed by atoms with Crippen LogP contribution in [-0.2, 0) is 6.54 Å². The number of nitrogens with zero attached hydrogens (tertiary/aromatic N) is 3. The molecule has 0 N–H and O–H groups in total. The molecular weight excluding hydrogens is 254 g/mol. The minimum absolute atomic E-state index is 0.108. The van der Waals surface area contributed by atoms with E-state index >= 15 is 0 Å². The molecule has 5 nitrogen and oxygen atoms in total. The van der Waals surface area contributed by atoms with Gasteiger partial charge in [-0.05, 0) is 23.8 Å². The van der Waals surface area contributed by atoms with Crippen LogP contribution in [0.1, 0.15) is 11.3 Å². The molecule has 1 aromatic heterocycles. The van der Waals surface area contributed by atoms with Crippen molar-refractivity contribution in [1.82, 2.24) is 4.57 Å². The zero-order chi connectivity index (χ0) is 13.1. The van der Waals surface area contributed by atoms with Crippen molar-refractivity contribution in [3.63, 3.8) is 0 Å². The normalized spacial score (nSPS) is 10.0. The highest BCUT2D eigenvalue weighted by atomic mass is 35.5. The zero-order valence-corrected chi connectivity index (χ0v) is 9.96. The average Bonchev–Trinajstić information content (AvgIpc) is 2.78. The first-order valence-electron chi connectivity index (χ1n) is 5.10. The van der Waals surface area contributed by atoms with Crippen molar-refractivity contribution in [1.29, 1.82) is 5.26 Å². The van der Waals surface area contributed by atoms with Crippen LogP contribution in [0.15, 0.2) is 36.5 Å². The standard InChI is InChI=1S/C12H8ClN3O2/c13-11-4-3-9(6-12(11)16(17)18)8-15-5-1-2-10(15)7-14/h1-6H,8H2. The van der Waals surface area contributed by atoms with Crippen molar-refractivity contribution in [2.45, 2.75) is 6.54 Å². The van der Waals surface area contributed by atoms with Gasteiger partial charge in [0.05, 0.1) is 4.92 Å². The summed E-state index contributed by atoms with van der Waals surface area (Å²) in [4.78, 5) is 10.2. The predicted octanol–water partition coefficient (Wildman–Crippen LogP) is 2.97. The van der Waals surface area contributed by atoms with E-state index in [1.807, 2.05) is 6.07 Å². The second kappa shape index (κ2) is 4.90. The first-order chi connectivity index (χ1) is 8.61. The van der Waals surface area contributed by atoms with Crippen LogP contribution in [0.3, 0.4) is 0 Å². The summed E-state index contributed by atoms with van der Waals surface area (Å²) in [6, 6.07) is 10.1. The summed E-state index contributed by atoms with van der Waals surface area (Å²) in [5.74, 6) is 0. The lowest BCUT2D eigenvalue weighted by molar-refractivity contribution is -0.384. The molecule has 0 saturated carbocycles. The molecule has 0 unspecified atom stereocenters. The maximum absolute atomic E-state index is 10.8. The van der Waals surface area contributed by atoms with E-state index in [1.54, 1.807) is 29.0 Å². The van der Waals surface area contributed by atoms with E-state index in [0.717, 1.165) is 5.56 Å². The summed E-state index contributed by atoms with van der Waals surface area (Å²) in [6.07, 6.45) is 1.75. The Hall–Kier alpha value is -2.32. The van der Waals surface area contributed by atoms with Crippen molar-refractivity contribution >= 4 is 17.3 Å². The number of hydrogen-bond donors (Lipinski definition) is 0. The van der Waals surface area contributed by atoms with Gasteiger partial charge in [-0.1, -0.05) is 17.7 Å². The number of hydrogen-bond acceptors (Lipinski definition) is 3. The first-order valence-corrected chi connectivity index (χ1v) is 5.47. The Bertz CT molecular complexity index is 643. The Morgan fingerprint density at radius 3 is 2.89 bits per heavy atom. The van der Waals surface area contributed by atoms with E-state index in [2.05, 4.69) is 0 Å². The third kappa shape index (κ3) is 2.34. The van der Waals surface area contributed by atoms with Gasteiger partial charge in [0.25, 0.3) is 5.69 Å². The summed E-state index contributed by atoms with van der Waals surface area (Å²) in [6.45, 7) is 0.397. The van der Waals surface area contributed by atoms with E-state index in [9.17, 15) is 10.1 Å². The fourth-order valence-corrected chi connectivity index (χ4v) is 1.83. The van der Waals surface area contributed by atoms with Gasteiger partial charge in [0.2, 0.25) is 0 Å². The summed E-state index contributed by atoms with van der Waals surface area (Å²) < 4.78 is 1.72. The molecule has 18 heavy (non-hydrogen) atoms. The van der Waals surface area contributed by atoms with Gasteiger partial charge in [-0.25, -0.2) is 0 Å². The summed E-state index contributed by atoms with van der Waals surface area (Å²) in [5, 5.41) is 19.7. The zero-order valence-electron chi connectivity index (χ0n) is 9.21. The predicted molar refractivity (Wildman–Crippen MR) is 66.4 cm³/mol. The lowest BCUT2D eigenvalue weighted by atomic mass is 10.2. The minimum Gasteiger partial charge on any atom is -0.335 e. The fraction of sp³-hybridized carbons (Fsp3) is 0.0833. The number of nitriles is 1. The van der Waals surface area contributed by atoms with Crippen LogP contribution in [0.25, 0.3) is 0 Å². The maximum Gasteiger partial charge on any atom is 0.288 e. The van der Waals surface area contributed by atoms with Crippen molar-refractivity contribution in [2.75, 3.05) is 0 Å². The van der Waals surface area contributed by atoms with Crippen LogP contribution in [0.2, 0.25) is 5.02 Å². The monoisotopic (exact) mass is 261 g/mol. The van der Waals surface area contributed by atoms with E-state index in [-0.39, 0.29) is 10.7 Å². The lowest BCUT2D eigenvalue weighted by Gasteiger charge is -2.05. The van der Waals surface area contributed by atoms with Gasteiger partial charge in [0.15, 0.2) is 0 Å². The Morgan fingerprint density at radius 1 is 1.44 bits per heavy atom. The largest absolute Gasteiger partial charge is 0.335 e. The molecule has 0 aliphatic carbocycles. The quantitative estimate of drug-likeness (QED) is 0.630. The van der Waals surface area contributed by atoms with Gasteiger partial charge in [-0.2, -0.15) is 5.26 Å². The lowest BCUT2D eigenvalue weighted by Crippen LogP contribution is -2.01. The van der Waals surface area contributed by atoms with Crippen LogP contribution in [0.4, 0.5) is 5.69 Å². The summed E-state index contributed by atoms with van der Waals surface area (Å²) in [7, 11) is 0. The molecule has 0 radical (unpaired) electrons. The molecule has 0 spiro atoms. The third-order valence-corrected chi connectivity index (χ3v) is 2.82. The molecule has 6 heteroatoms. The number of halogens is 1. The topological polar surface area (TPSA) is 71.9 Å². The number of nitro groups is 1. The van der Waals surface area contributed by atoms with Gasteiger partial charge in [0.1, 0.15) is 16.8 Å². The molecule has 0 fully saturated rings. The van der Waals surface area contributed by atoms with Crippen LogP contribution in [0, 0.1) is 21.4 Å². The first kappa shape index (κ1) is 12.1. The van der Waals surface area contributed by atoms with Gasteiger partial charge in [0, 0.05) is 18.8 Å². The van der Waals surface area contributed by atoms with Gasteiger partial charge in [-0.3, -0.25) is 10.1 Å². The van der Waals surface area contributed by atoms with Crippen molar-refractivity contribution in [2.24, 2.45) is 0 Å². The molecule has 2 rings (SSSR count). The van der Waals surface area contributed by atoms with Crippen molar-refractivity contribution in [3.8, 4) is 6.07 Å². The van der Waals surface area contributed by atoms with Gasteiger partial charge < -0.3 is 4.57 Å². The molecule has 0 bridgehead atoms. The van der Waals surface area contributed by atoms with E-state index in [1.165, 1.54) is 12.1 Å². The highest BCUT2D eigenvalue weighted by Gasteiger charge is 2.13. The number of benzene rings is 1. The van der Waals surface area contributed by atoms with Crippen molar-refractivity contribution in [3.05, 3.63) is 62.9 Å². The Labute approximate surface area is 108 Å². The number of aromatic nitrogens is 1. The molecule has 1 heterocycles. The van der Waals surface area contributed by atoms with Crippen LogP contribution < -0.4 is 0 Å². The summed E-state index contributed by atoms with van der Waals surface area (Å²) in [5.41, 5.74) is 1.10.